The van der Waals surface area contributed by atoms with Gasteiger partial charge in [0.25, 0.3) is 5.91 Å². The van der Waals surface area contributed by atoms with E-state index in [1.807, 2.05) is 0 Å². The maximum atomic E-state index is 12.0. The molecule has 20 heavy (non-hydrogen) atoms. The lowest BCUT2D eigenvalue weighted by Crippen LogP contribution is -2.13. The van der Waals surface area contributed by atoms with Crippen molar-refractivity contribution >= 4 is 32.2 Å². The second kappa shape index (κ2) is 5.22. The summed E-state index contributed by atoms with van der Waals surface area (Å²) >= 11 is 0.879. The van der Waals surface area contributed by atoms with Gasteiger partial charge in [-0.3, -0.25) is 10.1 Å². The summed E-state index contributed by atoms with van der Waals surface area (Å²) in [5.41, 5.74) is 0.756. The van der Waals surface area contributed by atoms with Crippen LogP contribution in [0.2, 0.25) is 0 Å². The quantitative estimate of drug-likeness (QED) is 0.901. The van der Waals surface area contributed by atoms with Crippen LogP contribution in [0.15, 0.2) is 28.6 Å². The molecule has 0 bridgehead atoms. The van der Waals surface area contributed by atoms with E-state index < -0.39 is 15.7 Å². The Bertz CT molecular complexity index is 766. The molecule has 1 amide bonds. The van der Waals surface area contributed by atoms with E-state index in [-0.39, 0.29) is 15.1 Å². The zero-order valence-electron chi connectivity index (χ0n) is 10.7. The summed E-state index contributed by atoms with van der Waals surface area (Å²) in [5, 5.41) is 12.3. The Morgan fingerprint density at radius 3 is 2.70 bits per heavy atom. The molecule has 6 nitrogen and oxygen atoms in total. The zero-order chi connectivity index (χ0) is 14.9. The number of aromatic hydroxyl groups is 1. The van der Waals surface area contributed by atoms with Crippen LogP contribution in [0.25, 0.3) is 0 Å². The molecule has 0 unspecified atom stereocenters. The Balaban J connectivity index is 2.24. The number of benzene rings is 1. The van der Waals surface area contributed by atoms with Gasteiger partial charge in [0.05, 0.1) is 6.20 Å². The van der Waals surface area contributed by atoms with Crippen molar-refractivity contribution in [3.05, 3.63) is 35.5 Å². The molecule has 0 spiro atoms. The number of carbonyl (C=O) groups is 1. The maximum Gasteiger partial charge on any atom is 0.257 e. The summed E-state index contributed by atoms with van der Waals surface area (Å²) in [6.45, 7) is 1.62. The average molecular weight is 312 g/mol. The lowest BCUT2D eigenvalue weighted by atomic mass is 10.1. The highest BCUT2D eigenvalue weighted by atomic mass is 32.2. The number of hydrogen-bond donors (Lipinski definition) is 2. The van der Waals surface area contributed by atoms with Gasteiger partial charge in [0, 0.05) is 17.4 Å². The standard InChI is InChI=1S/C12H12N2O4S2/c1-7-8(4-3-5-9(7)15)11(16)14-12-13-6-10(19-12)20(2,17)18/h3-6,15H,1-2H3,(H,13,14,16). The summed E-state index contributed by atoms with van der Waals surface area (Å²) < 4.78 is 22.7. The van der Waals surface area contributed by atoms with Gasteiger partial charge in [0.15, 0.2) is 15.0 Å². The Labute approximate surface area is 120 Å². The number of phenols is 1. The minimum atomic E-state index is -3.33. The van der Waals surface area contributed by atoms with Crippen molar-refractivity contribution in [2.24, 2.45) is 0 Å². The van der Waals surface area contributed by atoms with Crippen LogP contribution in [-0.4, -0.2) is 30.7 Å². The van der Waals surface area contributed by atoms with Gasteiger partial charge in [0.2, 0.25) is 0 Å². The minimum Gasteiger partial charge on any atom is -0.508 e. The molecule has 0 saturated heterocycles. The number of aromatic nitrogens is 1. The second-order valence-corrected chi connectivity index (χ2v) is 7.43. The van der Waals surface area contributed by atoms with Crippen molar-refractivity contribution in [3.63, 3.8) is 0 Å². The third-order valence-corrected chi connectivity index (χ3v) is 5.32. The molecule has 2 aromatic rings. The molecule has 2 N–H and O–H groups in total. The van der Waals surface area contributed by atoms with Crippen LogP contribution in [0.3, 0.4) is 0 Å². The predicted octanol–water partition coefficient (Wildman–Crippen LogP) is 1.81. The number of anilines is 1. The lowest BCUT2D eigenvalue weighted by Gasteiger charge is -2.06. The molecule has 1 aromatic carbocycles. The van der Waals surface area contributed by atoms with E-state index in [2.05, 4.69) is 10.3 Å². The van der Waals surface area contributed by atoms with Gasteiger partial charge in [-0.05, 0) is 19.1 Å². The molecule has 0 saturated carbocycles. The second-order valence-electron chi connectivity index (χ2n) is 4.16. The minimum absolute atomic E-state index is 0.0219. The number of rotatable bonds is 3. The average Bonchev–Trinajstić information content (AvgIpc) is 2.81. The first-order valence-electron chi connectivity index (χ1n) is 5.55. The van der Waals surface area contributed by atoms with Crippen molar-refractivity contribution in [1.29, 1.82) is 0 Å². The Morgan fingerprint density at radius 2 is 2.10 bits per heavy atom. The van der Waals surface area contributed by atoms with Crippen LogP contribution in [-0.2, 0) is 9.84 Å². The highest BCUT2D eigenvalue weighted by Crippen LogP contribution is 2.24. The lowest BCUT2D eigenvalue weighted by molar-refractivity contribution is 0.102. The summed E-state index contributed by atoms with van der Waals surface area (Å²) in [6, 6.07) is 4.60. The Kier molecular flexibility index (Phi) is 3.78. The van der Waals surface area contributed by atoms with Crippen molar-refractivity contribution in [1.82, 2.24) is 4.98 Å². The number of hydrogen-bond acceptors (Lipinski definition) is 6. The third kappa shape index (κ3) is 2.97. The molecule has 0 fully saturated rings. The molecular formula is C12H12N2O4S2. The Hall–Kier alpha value is -1.93. The molecule has 0 radical (unpaired) electrons. The van der Waals surface area contributed by atoms with Gasteiger partial charge in [-0.15, -0.1) is 0 Å². The first-order chi connectivity index (χ1) is 9.29. The van der Waals surface area contributed by atoms with Crippen LogP contribution < -0.4 is 5.32 Å². The summed E-state index contributed by atoms with van der Waals surface area (Å²) in [6.07, 6.45) is 2.27. The van der Waals surface area contributed by atoms with E-state index in [1.54, 1.807) is 19.1 Å². The summed E-state index contributed by atoms with van der Waals surface area (Å²) in [7, 11) is -3.33. The molecule has 1 aromatic heterocycles. The largest absolute Gasteiger partial charge is 0.508 e. The maximum absolute atomic E-state index is 12.0. The predicted molar refractivity (Wildman–Crippen MR) is 76.0 cm³/mol. The first kappa shape index (κ1) is 14.5. The van der Waals surface area contributed by atoms with Crippen molar-refractivity contribution in [2.75, 3.05) is 11.6 Å². The van der Waals surface area contributed by atoms with Crippen molar-refractivity contribution in [2.45, 2.75) is 11.1 Å². The summed E-state index contributed by atoms with van der Waals surface area (Å²) in [5.74, 6) is -0.429. The zero-order valence-corrected chi connectivity index (χ0v) is 12.4. The first-order valence-corrected chi connectivity index (χ1v) is 8.25. The molecule has 1 heterocycles. The summed E-state index contributed by atoms with van der Waals surface area (Å²) in [4.78, 5) is 15.9. The fourth-order valence-corrected chi connectivity index (χ4v) is 3.15. The van der Waals surface area contributed by atoms with Gasteiger partial charge in [-0.25, -0.2) is 13.4 Å². The van der Waals surface area contributed by atoms with Gasteiger partial charge >= 0.3 is 0 Å². The van der Waals surface area contributed by atoms with Crippen molar-refractivity contribution in [3.8, 4) is 5.75 Å². The molecule has 0 aliphatic heterocycles. The number of phenolic OH excluding ortho intramolecular Hbond substituents is 1. The van der Waals surface area contributed by atoms with Crippen molar-refractivity contribution < 1.29 is 18.3 Å². The van der Waals surface area contributed by atoms with E-state index in [4.69, 9.17) is 0 Å². The van der Waals surface area contributed by atoms with E-state index in [0.717, 1.165) is 17.6 Å². The number of nitrogens with one attached hydrogen (secondary N) is 1. The molecule has 0 aliphatic carbocycles. The van der Waals surface area contributed by atoms with Gasteiger partial charge < -0.3 is 5.11 Å². The highest BCUT2D eigenvalue weighted by Gasteiger charge is 2.16. The number of sulfone groups is 1. The monoisotopic (exact) mass is 312 g/mol. The fourth-order valence-electron chi connectivity index (χ4n) is 1.52. The number of nitrogens with zero attached hydrogens (tertiary/aromatic N) is 1. The molecule has 106 valence electrons. The molecular weight excluding hydrogens is 300 g/mol. The molecule has 0 atom stereocenters. The number of carbonyl (C=O) groups excluding carboxylic acids is 1. The van der Waals surface area contributed by atoms with Crippen LogP contribution in [0.4, 0.5) is 5.13 Å². The van der Waals surface area contributed by atoms with Gasteiger partial charge in [0.1, 0.15) is 9.96 Å². The van der Waals surface area contributed by atoms with E-state index in [9.17, 15) is 18.3 Å². The van der Waals surface area contributed by atoms with E-state index >= 15 is 0 Å². The van der Waals surface area contributed by atoms with Crippen LogP contribution >= 0.6 is 11.3 Å². The number of amides is 1. The smallest absolute Gasteiger partial charge is 0.257 e. The van der Waals surface area contributed by atoms with Gasteiger partial charge in [-0.2, -0.15) is 0 Å². The highest BCUT2D eigenvalue weighted by molar-refractivity contribution is 7.92. The Morgan fingerprint density at radius 1 is 1.40 bits per heavy atom. The number of thiazole rings is 1. The third-order valence-electron chi connectivity index (χ3n) is 2.62. The normalized spacial score (nSPS) is 11.3. The molecule has 2 rings (SSSR count). The SMILES string of the molecule is Cc1c(O)cccc1C(=O)Nc1ncc(S(C)(=O)=O)s1. The molecule has 0 aliphatic rings. The van der Waals surface area contributed by atoms with E-state index in [0.29, 0.717) is 11.1 Å². The van der Waals surface area contributed by atoms with Crippen LogP contribution in [0.5, 0.6) is 5.75 Å². The van der Waals surface area contributed by atoms with Crippen LogP contribution in [0, 0.1) is 6.92 Å². The molecule has 8 heteroatoms. The van der Waals surface area contributed by atoms with Gasteiger partial charge in [-0.1, -0.05) is 17.4 Å². The fraction of sp³-hybridized carbons (Fsp3) is 0.167. The van der Waals surface area contributed by atoms with E-state index in [1.165, 1.54) is 12.3 Å². The van der Waals surface area contributed by atoms with Crippen LogP contribution in [0.1, 0.15) is 15.9 Å². The topological polar surface area (TPSA) is 96.4 Å².